The highest BCUT2D eigenvalue weighted by Crippen LogP contribution is 2.31. The number of rotatable bonds is 1. The van der Waals surface area contributed by atoms with Crippen LogP contribution in [0.1, 0.15) is 30.6 Å². The molecule has 5 heteroatoms. The molecule has 104 valence electrons. The Labute approximate surface area is 132 Å². The predicted octanol–water partition coefficient (Wildman–Crippen LogP) is 4.46. The summed E-state index contributed by atoms with van der Waals surface area (Å²) >= 11 is 11.3. The molecule has 1 heterocycles. The predicted molar refractivity (Wildman–Crippen MR) is 86.2 cm³/mol. The second kappa shape index (κ2) is 6.06. The molecule has 0 saturated carbocycles. The van der Waals surface area contributed by atoms with Gasteiger partial charge in [0.25, 0.3) is 5.91 Å². The molecule has 2 nitrogen and oxygen atoms in total. The number of hydrogen-bond acceptors (Lipinski definition) is 2. The van der Waals surface area contributed by atoms with E-state index in [1.807, 2.05) is 16.7 Å². The van der Waals surface area contributed by atoms with Gasteiger partial charge in [-0.3, -0.25) is 4.79 Å². The van der Waals surface area contributed by atoms with Gasteiger partial charge >= 0.3 is 0 Å². The number of amides is 1. The molecule has 1 aromatic rings. The summed E-state index contributed by atoms with van der Waals surface area (Å²) in [6.45, 7) is 6.11. The Morgan fingerprint density at radius 1 is 1.42 bits per heavy atom. The van der Waals surface area contributed by atoms with Gasteiger partial charge in [-0.1, -0.05) is 25.4 Å². The first-order valence-electron chi connectivity index (χ1n) is 6.27. The van der Waals surface area contributed by atoms with E-state index in [0.717, 1.165) is 29.7 Å². The number of benzene rings is 1. The highest BCUT2D eigenvalue weighted by Gasteiger charge is 2.26. The quantitative estimate of drug-likeness (QED) is 0.735. The van der Waals surface area contributed by atoms with Gasteiger partial charge < -0.3 is 4.90 Å². The van der Waals surface area contributed by atoms with Crippen LogP contribution in [0.2, 0.25) is 5.02 Å². The van der Waals surface area contributed by atoms with E-state index in [1.54, 1.807) is 18.2 Å². The van der Waals surface area contributed by atoms with Gasteiger partial charge in [0.1, 0.15) is 0 Å². The molecular formula is C14H17BrClNOS. The van der Waals surface area contributed by atoms with Crippen LogP contribution in [-0.4, -0.2) is 34.4 Å². The third-order valence-corrected chi connectivity index (χ3v) is 5.88. The molecule has 2 rings (SSSR count). The highest BCUT2D eigenvalue weighted by molar-refractivity contribution is 9.10. The van der Waals surface area contributed by atoms with Gasteiger partial charge in [0.2, 0.25) is 0 Å². The summed E-state index contributed by atoms with van der Waals surface area (Å²) in [5.41, 5.74) is 0.695. The number of hydrogen-bond donors (Lipinski definition) is 0. The Bertz CT molecular complexity index is 492. The third kappa shape index (κ3) is 3.89. The van der Waals surface area contributed by atoms with E-state index in [9.17, 15) is 4.79 Å². The van der Waals surface area contributed by atoms with Crippen molar-refractivity contribution < 1.29 is 4.79 Å². The molecule has 0 aliphatic carbocycles. The summed E-state index contributed by atoms with van der Waals surface area (Å²) in [5, 5.41) is 0.629. The SMILES string of the molecule is CC1(C)CCN(C(=O)c2ccc(Cl)c(Br)c2)CCS1. The summed E-state index contributed by atoms with van der Waals surface area (Å²) in [7, 11) is 0. The van der Waals surface area contributed by atoms with Crippen molar-refractivity contribution >= 4 is 45.2 Å². The standard InChI is InChI=1S/C14H17BrClNOS/c1-14(2)5-6-17(7-8-19-14)13(18)10-3-4-12(16)11(15)9-10/h3-4,9H,5-8H2,1-2H3. The maximum atomic E-state index is 12.5. The molecule has 0 aromatic heterocycles. The lowest BCUT2D eigenvalue weighted by Gasteiger charge is -2.22. The van der Waals surface area contributed by atoms with Gasteiger partial charge in [-0.15, -0.1) is 0 Å². The topological polar surface area (TPSA) is 20.3 Å². The van der Waals surface area contributed by atoms with Crippen LogP contribution < -0.4 is 0 Å². The third-order valence-electron chi connectivity index (χ3n) is 3.29. The number of carbonyl (C=O) groups is 1. The number of carbonyl (C=O) groups excluding carboxylic acids is 1. The minimum absolute atomic E-state index is 0.0932. The molecule has 0 atom stereocenters. The smallest absolute Gasteiger partial charge is 0.253 e. The Hall–Kier alpha value is -0.190. The van der Waals surface area contributed by atoms with E-state index in [4.69, 9.17) is 11.6 Å². The van der Waals surface area contributed by atoms with Crippen LogP contribution in [0, 0.1) is 0 Å². The van der Waals surface area contributed by atoms with Crippen LogP contribution in [0.4, 0.5) is 0 Å². The fraction of sp³-hybridized carbons (Fsp3) is 0.500. The van der Waals surface area contributed by atoms with Gasteiger partial charge in [0.15, 0.2) is 0 Å². The van der Waals surface area contributed by atoms with Crippen molar-refractivity contribution in [1.29, 1.82) is 0 Å². The number of halogens is 2. The van der Waals surface area contributed by atoms with Gasteiger partial charge in [-0.05, 0) is 40.5 Å². The van der Waals surface area contributed by atoms with E-state index in [2.05, 4.69) is 29.8 Å². The zero-order valence-corrected chi connectivity index (χ0v) is 14.2. The van der Waals surface area contributed by atoms with Crippen molar-refractivity contribution in [3.8, 4) is 0 Å². The lowest BCUT2D eigenvalue weighted by atomic mass is 10.1. The largest absolute Gasteiger partial charge is 0.338 e. The first-order chi connectivity index (χ1) is 8.89. The molecular weight excluding hydrogens is 346 g/mol. The molecule has 0 bridgehead atoms. The molecule has 1 aliphatic heterocycles. The second-order valence-electron chi connectivity index (χ2n) is 5.28. The first kappa shape index (κ1) is 15.2. The van der Waals surface area contributed by atoms with Crippen molar-refractivity contribution in [2.24, 2.45) is 0 Å². The van der Waals surface area contributed by atoms with Crippen LogP contribution in [-0.2, 0) is 0 Å². The molecule has 1 aliphatic rings. The Morgan fingerprint density at radius 3 is 2.84 bits per heavy atom. The Balaban J connectivity index is 2.13. The van der Waals surface area contributed by atoms with E-state index >= 15 is 0 Å². The monoisotopic (exact) mass is 361 g/mol. The Morgan fingerprint density at radius 2 is 2.16 bits per heavy atom. The number of nitrogens with zero attached hydrogens (tertiary/aromatic N) is 1. The van der Waals surface area contributed by atoms with Crippen LogP contribution in [0.5, 0.6) is 0 Å². The van der Waals surface area contributed by atoms with Crippen LogP contribution in [0.15, 0.2) is 22.7 Å². The van der Waals surface area contributed by atoms with Gasteiger partial charge in [-0.2, -0.15) is 11.8 Å². The van der Waals surface area contributed by atoms with Crippen LogP contribution in [0.25, 0.3) is 0 Å². The lowest BCUT2D eigenvalue weighted by molar-refractivity contribution is 0.0764. The molecule has 1 saturated heterocycles. The first-order valence-corrected chi connectivity index (χ1v) is 8.43. The fourth-order valence-electron chi connectivity index (χ4n) is 2.04. The van der Waals surface area contributed by atoms with E-state index in [1.165, 1.54) is 0 Å². The van der Waals surface area contributed by atoms with Crippen molar-refractivity contribution in [2.45, 2.75) is 25.0 Å². The van der Waals surface area contributed by atoms with E-state index in [0.29, 0.717) is 10.6 Å². The lowest BCUT2D eigenvalue weighted by Crippen LogP contribution is -2.33. The molecule has 0 radical (unpaired) electrons. The molecule has 1 aromatic carbocycles. The Kier molecular flexibility index (Phi) is 4.85. The maximum Gasteiger partial charge on any atom is 0.253 e. The average Bonchev–Trinajstić information content (AvgIpc) is 2.53. The molecule has 1 amide bonds. The molecule has 19 heavy (non-hydrogen) atoms. The van der Waals surface area contributed by atoms with Gasteiger partial charge in [-0.25, -0.2) is 0 Å². The van der Waals surface area contributed by atoms with Crippen LogP contribution in [0.3, 0.4) is 0 Å². The van der Waals surface area contributed by atoms with Crippen molar-refractivity contribution in [3.05, 3.63) is 33.3 Å². The van der Waals surface area contributed by atoms with Crippen molar-refractivity contribution in [2.75, 3.05) is 18.8 Å². The zero-order chi connectivity index (χ0) is 14.0. The normalized spacial score (nSPS) is 19.1. The second-order valence-corrected chi connectivity index (χ2v) is 8.34. The minimum Gasteiger partial charge on any atom is -0.338 e. The van der Waals surface area contributed by atoms with E-state index < -0.39 is 0 Å². The van der Waals surface area contributed by atoms with Crippen molar-refractivity contribution in [3.63, 3.8) is 0 Å². The average molecular weight is 363 g/mol. The summed E-state index contributed by atoms with van der Waals surface area (Å²) in [6, 6.07) is 5.35. The van der Waals surface area contributed by atoms with Crippen LogP contribution >= 0.6 is 39.3 Å². The molecule has 1 fully saturated rings. The summed E-state index contributed by atoms with van der Waals surface area (Å²) in [4.78, 5) is 14.4. The van der Waals surface area contributed by atoms with E-state index in [-0.39, 0.29) is 10.7 Å². The zero-order valence-electron chi connectivity index (χ0n) is 11.1. The van der Waals surface area contributed by atoms with Gasteiger partial charge in [0.05, 0.1) is 5.02 Å². The molecule has 0 spiro atoms. The number of thioether (sulfide) groups is 1. The summed E-state index contributed by atoms with van der Waals surface area (Å²) in [5.74, 6) is 1.09. The summed E-state index contributed by atoms with van der Waals surface area (Å²) < 4.78 is 1.03. The molecule has 0 unspecified atom stereocenters. The van der Waals surface area contributed by atoms with Gasteiger partial charge in [0, 0.05) is 33.6 Å². The summed E-state index contributed by atoms with van der Waals surface area (Å²) in [6.07, 6.45) is 1.03. The molecule has 0 N–H and O–H groups in total. The maximum absolute atomic E-state index is 12.5. The minimum atomic E-state index is 0.0932. The van der Waals surface area contributed by atoms with Crippen molar-refractivity contribution in [1.82, 2.24) is 4.90 Å². The fourth-order valence-corrected chi connectivity index (χ4v) is 3.63. The highest BCUT2D eigenvalue weighted by atomic mass is 79.9.